The van der Waals surface area contributed by atoms with Gasteiger partial charge in [0.25, 0.3) is 0 Å². The number of hydrogen-bond donors (Lipinski definition) is 1. The zero-order chi connectivity index (χ0) is 10.5. The number of hydrogen-bond acceptors (Lipinski definition) is 3. The number of nitrogens with zero attached hydrogens (tertiary/aromatic N) is 2. The van der Waals surface area contributed by atoms with Crippen LogP contribution in [0.1, 0.15) is 12.8 Å². The van der Waals surface area contributed by atoms with Crippen LogP contribution in [0.2, 0.25) is 0 Å². The molecule has 2 heterocycles. The Morgan fingerprint density at radius 2 is 2.67 bits per heavy atom. The van der Waals surface area contributed by atoms with E-state index in [9.17, 15) is 0 Å². The quantitative estimate of drug-likeness (QED) is 0.795. The average Bonchev–Trinajstić information content (AvgIpc) is 2.68. The molecule has 1 N–H and O–H groups in total. The van der Waals surface area contributed by atoms with Crippen LogP contribution in [-0.4, -0.2) is 27.1 Å². The molecule has 0 bridgehead atoms. The standard InChI is InChI=1S/C11H17N3S/c1-2-6-14-7-5-12-11(14)13-10-4-3-8-15-9-10/h2,5,7,10H,1,3-4,6,8-9H2,(H,12,13). The highest BCUT2D eigenvalue weighted by Crippen LogP contribution is 2.20. The van der Waals surface area contributed by atoms with Gasteiger partial charge in [-0.1, -0.05) is 6.08 Å². The minimum absolute atomic E-state index is 0.578. The van der Waals surface area contributed by atoms with Crippen LogP contribution >= 0.6 is 11.8 Å². The molecule has 0 aromatic carbocycles. The van der Waals surface area contributed by atoms with E-state index in [0.717, 1.165) is 12.5 Å². The summed E-state index contributed by atoms with van der Waals surface area (Å²) in [6.07, 6.45) is 8.28. The maximum atomic E-state index is 4.32. The number of rotatable bonds is 4. The van der Waals surface area contributed by atoms with Crippen molar-refractivity contribution in [2.24, 2.45) is 0 Å². The lowest BCUT2D eigenvalue weighted by molar-refractivity contribution is 0.669. The Hall–Kier alpha value is -0.900. The first-order valence-electron chi connectivity index (χ1n) is 5.36. The second kappa shape index (κ2) is 5.26. The van der Waals surface area contributed by atoms with Gasteiger partial charge in [-0.2, -0.15) is 11.8 Å². The Morgan fingerprint density at radius 1 is 1.73 bits per heavy atom. The van der Waals surface area contributed by atoms with Crippen LogP contribution in [0.25, 0.3) is 0 Å². The van der Waals surface area contributed by atoms with Crippen molar-refractivity contribution in [1.82, 2.24) is 9.55 Å². The van der Waals surface area contributed by atoms with Gasteiger partial charge in [0.15, 0.2) is 0 Å². The van der Waals surface area contributed by atoms with Gasteiger partial charge in [-0.15, -0.1) is 6.58 Å². The molecule has 0 radical (unpaired) electrons. The van der Waals surface area contributed by atoms with Gasteiger partial charge in [-0.25, -0.2) is 4.98 Å². The predicted molar refractivity (Wildman–Crippen MR) is 66.4 cm³/mol. The van der Waals surface area contributed by atoms with Crippen LogP contribution in [0.5, 0.6) is 0 Å². The lowest BCUT2D eigenvalue weighted by Gasteiger charge is -2.23. The van der Waals surface area contributed by atoms with Gasteiger partial charge in [-0.3, -0.25) is 0 Å². The summed E-state index contributed by atoms with van der Waals surface area (Å²) in [4.78, 5) is 4.32. The van der Waals surface area contributed by atoms with Crippen LogP contribution in [0.4, 0.5) is 5.95 Å². The number of nitrogens with one attached hydrogen (secondary N) is 1. The van der Waals surface area contributed by atoms with Crippen molar-refractivity contribution in [3.8, 4) is 0 Å². The molecule has 1 aliphatic rings. The Bertz CT molecular complexity index is 315. The highest BCUT2D eigenvalue weighted by molar-refractivity contribution is 7.99. The molecule has 0 amide bonds. The van der Waals surface area contributed by atoms with E-state index in [1.54, 1.807) is 0 Å². The fourth-order valence-electron chi connectivity index (χ4n) is 1.77. The highest BCUT2D eigenvalue weighted by atomic mass is 32.2. The zero-order valence-electron chi connectivity index (χ0n) is 8.85. The molecule has 15 heavy (non-hydrogen) atoms. The molecule has 1 aromatic heterocycles. The minimum atomic E-state index is 0.578. The molecule has 1 aromatic rings. The second-order valence-electron chi connectivity index (χ2n) is 3.75. The first-order chi connectivity index (χ1) is 7.40. The van der Waals surface area contributed by atoms with E-state index in [-0.39, 0.29) is 0 Å². The summed E-state index contributed by atoms with van der Waals surface area (Å²) in [6.45, 7) is 4.56. The largest absolute Gasteiger partial charge is 0.352 e. The predicted octanol–water partition coefficient (Wildman–Crippen LogP) is 2.38. The third-order valence-electron chi connectivity index (χ3n) is 2.53. The van der Waals surface area contributed by atoms with Crippen LogP contribution in [0.3, 0.4) is 0 Å². The highest BCUT2D eigenvalue weighted by Gasteiger charge is 2.14. The fraction of sp³-hybridized carbons (Fsp3) is 0.545. The van der Waals surface area contributed by atoms with Gasteiger partial charge in [0.05, 0.1) is 0 Å². The molecule has 0 aliphatic carbocycles. The monoisotopic (exact) mass is 223 g/mol. The molecule has 4 heteroatoms. The van der Waals surface area contributed by atoms with Crippen molar-refractivity contribution in [3.63, 3.8) is 0 Å². The van der Waals surface area contributed by atoms with E-state index >= 15 is 0 Å². The summed E-state index contributed by atoms with van der Waals surface area (Å²) in [5.41, 5.74) is 0. The number of aromatic nitrogens is 2. The normalized spacial score (nSPS) is 21.2. The molecule has 1 saturated heterocycles. The van der Waals surface area contributed by atoms with Crippen molar-refractivity contribution in [3.05, 3.63) is 25.0 Å². The van der Waals surface area contributed by atoms with E-state index < -0.39 is 0 Å². The van der Waals surface area contributed by atoms with Crippen molar-refractivity contribution >= 4 is 17.7 Å². The molecule has 1 fully saturated rings. The van der Waals surface area contributed by atoms with Gasteiger partial charge in [0.2, 0.25) is 5.95 Å². The Kier molecular flexibility index (Phi) is 3.72. The van der Waals surface area contributed by atoms with Crippen molar-refractivity contribution in [2.75, 3.05) is 16.8 Å². The third kappa shape index (κ3) is 2.78. The van der Waals surface area contributed by atoms with Gasteiger partial charge >= 0.3 is 0 Å². The maximum Gasteiger partial charge on any atom is 0.203 e. The van der Waals surface area contributed by atoms with Crippen molar-refractivity contribution < 1.29 is 0 Å². The van der Waals surface area contributed by atoms with E-state index in [4.69, 9.17) is 0 Å². The molecule has 1 unspecified atom stereocenters. The summed E-state index contributed by atoms with van der Waals surface area (Å²) in [6, 6.07) is 0.578. The maximum absolute atomic E-state index is 4.32. The van der Waals surface area contributed by atoms with Gasteiger partial charge in [0.1, 0.15) is 0 Å². The average molecular weight is 223 g/mol. The lowest BCUT2D eigenvalue weighted by atomic mass is 10.2. The molecular weight excluding hydrogens is 206 g/mol. The summed E-state index contributed by atoms with van der Waals surface area (Å²) in [5, 5.41) is 3.50. The van der Waals surface area contributed by atoms with Gasteiger partial charge in [-0.05, 0) is 18.6 Å². The first-order valence-corrected chi connectivity index (χ1v) is 6.52. The Labute approximate surface area is 95.0 Å². The Morgan fingerprint density at radius 3 is 3.40 bits per heavy atom. The molecule has 2 rings (SSSR count). The minimum Gasteiger partial charge on any atom is -0.352 e. The topological polar surface area (TPSA) is 29.9 Å². The molecule has 0 saturated carbocycles. The van der Waals surface area contributed by atoms with E-state index in [1.807, 2.05) is 30.2 Å². The second-order valence-corrected chi connectivity index (χ2v) is 4.90. The summed E-state index contributed by atoms with van der Waals surface area (Å²) >= 11 is 2.02. The summed E-state index contributed by atoms with van der Waals surface area (Å²) in [7, 11) is 0. The molecule has 0 spiro atoms. The lowest BCUT2D eigenvalue weighted by Crippen LogP contribution is -2.27. The van der Waals surface area contributed by atoms with Gasteiger partial charge in [0, 0.05) is 30.7 Å². The van der Waals surface area contributed by atoms with Crippen LogP contribution in [0, 0.1) is 0 Å². The summed E-state index contributed by atoms with van der Waals surface area (Å²) < 4.78 is 2.09. The van der Waals surface area contributed by atoms with E-state index in [2.05, 4.69) is 21.4 Å². The number of imidazole rings is 1. The molecule has 82 valence electrons. The van der Waals surface area contributed by atoms with E-state index in [0.29, 0.717) is 6.04 Å². The number of anilines is 1. The molecule has 3 nitrogen and oxygen atoms in total. The van der Waals surface area contributed by atoms with Crippen molar-refractivity contribution in [1.29, 1.82) is 0 Å². The molecule has 1 atom stereocenters. The smallest absolute Gasteiger partial charge is 0.203 e. The SMILES string of the molecule is C=CCn1ccnc1NC1CCCSC1. The molecule has 1 aliphatic heterocycles. The molecular formula is C11H17N3S. The van der Waals surface area contributed by atoms with Crippen LogP contribution in [-0.2, 0) is 6.54 Å². The number of allylic oxidation sites excluding steroid dienone is 1. The fourth-order valence-corrected chi connectivity index (χ4v) is 2.84. The van der Waals surface area contributed by atoms with Crippen LogP contribution in [0.15, 0.2) is 25.0 Å². The van der Waals surface area contributed by atoms with E-state index in [1.165, 1.54) is 24.3 Å². The first kappa shape index (κ1) is 10.6. The van der Waals surface area contributed by atoms with Crippen molar-refractivity contribution in [2.45, 2.75) is 25.4 Å². The van der Waals surface area contributed by atoms with Crippen LogP contribution < -0.4 is 5.32 Å². The Balaban J connectivity index is 1.96. The van der Waals surface area contributed by atoms with Gasteiger partial charge < -0.3 is 9.88 Å². The zero-order valence-corrected chi connectivity index (χ0v) is 9.67. The number of thioether (sulfide) groups is 1. The third-order valence-corrected chi connectivity index (χ3v) is 3.75. The summed E-state index contributed by atoms with van der Waals surface area (Å²) in [5.74, 6) is 3.47.